The summed E-state index contributed by atoms with van der Waals surface area (Å²) in [5.74, 6) is 0. The van der Waals surface area contributed by atoms with Crippen molar-refractivity contribution < 1.29 is 0 Å². The molecule has 1 N–H and O–H groups in total. The maximum atomic E-state index is 6.00. The Morgan fingerprint density at radius 3 is 2.47 bits per heavy atom. The molecule has 5 heteroatoms. The molecule has 1 aromatic rings. The number of piperazine rings is 1. The summed E-state index contributed by atoms with van der Waals surface area (Å²) >= 11 is 6.00. The average molecular weight is 298 g/mol. The Morgan fingerprint density at radius 2 is 1.88 bits per heavy atom. The van der Waals surface area contributed by atoms with E-state index in [2.05, 4.69) is 29.3 Å². The van der Waals surface area contributed by atoms with E-state index < -0.39 is 0 Å². The lowest BCUT2D eigenvalue weighted by atomic mass is 10.1. The minimum atomic E-state index is 0. The number of benzene rings is 1. The second-order valence-corrected chi connectivity index (χ2v) is 4.45. The highest BCUT2D eigenvalue weighted by atomic mass is 35.5. The van der Waals surface area contributed by atoms with Crippen molar-refractivity contribution in [3.63, 3.8) is 0 Å². The van der Waals surface area contributed by atoms with Gasteiger partial charge in [-0.3, -0.25) is 4.90 Å². The summed E-state index contributed by atoms with van der Waals surface area (Å²) in [5, 5.41) is 4.19. The normalized spacial score (nSPS) is 17.8. The fourth-order valence-corrected chi connectivity index (χ4v) is 2.25. The van der Waals surface area contributed by atoms with Gasteiger partial charge >= 0.3 is 0 Å². The minimum Gasteiger partial charge on any atom is -0.314 e. The lowest BCUT2D eigenvalue weighted by Crippen LogP contribution is -2.44. The summed E-state index contributed by atoms with van der Waals surface area (Å²) in [7, 11) is 0. The number of hydrogen-bond acceptors (Lipinski definition) is 2. The quantitative estimate of drug-likeness (QED) is 0.902. The summed E-state index contributed by atoms with van der Waals surface area (Å²) in [6.07, 6.45) is 0. The van der Waals surface area contributed by atoms with Crippen LogP contribution in [0, 0.1) is 0 Å². The van der Waals surface area contributed by atoms with Gasteiger partial charge in [0.25, 0.3) is 0 Å². The third-order valence-electron chi connectivity index (χ3n) is 3.03. The summed E-state index contributed by atoms with van der Waals surface area (Å²) < 4.78 is 0. The van der Waals surface area contributed by atoms with Crippen LogP contribution in [-0.4, -0.2) is 31.1 Å². The third kappa shape index (κ3) is 4.65. The first kappa shape index (κ1) is 17.0. The van der Waals surface area contributed by atoms with Crippen molar-refractivity contribution in [3.05, 3.63) is 34.9 Å². The van der Waals surface area contributed by atoms with E-state index in [0.29, 0.717) is 6.04 Å². The fraction of sp³-hybridized carbons (Fsp3) is 0.500. The van der Waals surface area contributed by atoms with Crippen LogP contribution in [0.2, 0.25) is 5.02 Å². The third-order valence-corrected chi connectivity index (χ3v) is 3.27. The van der Waals surface area contributed by atoms with Crippen molar-refractivity contribution in [3.8, 4) is 0 Å². The van der Waals surface area contributed by atoms with Gasteiger partial charge in [-0.05, 0) is 24.6 Å². The molecule has 1 heterocycles. The molecule has 2 nitrogen and oxygen atoms in total. The van der Waals surface area contributed by atoms with Gasteiger partial charge in [-0.1, -0.05) is 23.7 Å². The molecule has 1 aliphatic heterocycles. The van der Waals surface area contributed by atoms with Crippen molar-refractivity contribution in [1.82, 2.24) is 10.2 Å². The molecule has 1 aromatic carbocycles. The Morgan fingerprint density at radius 1 is 1.24 bits per heavy atom. The lowest BCUT2D eigenvalue weighted by Gasteiger charge is -2.33. The number of nitrogens with zero attached hydrogens (tertiary/aromatic N) is 1. The second kappa shape index (κ2) is 8.17. The van der Waals surface area contributed by atoms with Crippen LogP contribution in [0.3, 0.4) is 0 Å². The Balaban J connectivity index is 0.00000128. The molecule has 98 valence electrons. The van der Waals surface area contributed by atoms with Gasteiger partial charge < -0.3 is 5.32 Å². The van der Waals surface area contributed by atoms with Gasteiger partial charge in [-0.15, -0.1) is 24.8 Å². The number of halogens is 3. The number of nitrogens with one attached hydrogen (secondary N) is 1. The first-order valence-corrected chi connectivity index (χ1v) is 5.85. The molecule has 0 aliphatic carbocycles. The van der Waals surface area contributed by atoms with E-state index in [1.54, 1.807) is 0 Å². The Bertz CT molecular complexity index is 327. The van der Waals surface area contributed by atoms with E-state index in [1.165, 1.54) is 5.56 Å². The van der Waals surface area contributed by atoms with Crippen molar-refractivity contribution in [1.29, 1.82) is 0 Å². The zero-order valence-electron chi connectivity index (χ0n) is 9.86. The van der Waals surface area contributed by atoms with E-state index in [4.69, 9.17) is 11.6 Å². The molecular weight excluding hydrogens is 279 g/mol. The number of hydrogen-bond donors (Lipinski definition) is 1. The van der Waals surface area contributed by atoms with Crippen LogP contribution >= 0.6 is 36.4 Å². The van der Waals surface area contributed by atoms with Crippen LogP contribution in [0.1, 0.15) is 18.5 Å². The number of rotatable bonds is 2. The van der Waals surface area contributed by atoms with Crippen molar-refractivity contribution in [2.45, 2.75) is 13.0 Å². The van der Waals surface area contributed by atoms with Crippen LogP contribution < -0.4 is 5.32 Å². The molecule has 17 heavy (non-hydrogen) atoms. The van der Waals surface area contributed by atoms with Gasteiger partial charge in [0.1, 0.15) is 0 Å². The van der Waals surface area contributed by atoms with Crippen LogP contribution in [0.25, 0.3) is 0 Å². The highest BCUT2D eigenvalue weighted by molar-refractivity contribution is 6.30. The van der Waals surface area contributed by atoms with Gasteiger partial charge in [-0.2, -0.15) is 0 Å². The topological polar surface area (TPSA) is 15.3 Å². The van der Waals surface area contributed by atoms with Crippen molar-refractivity contribution >= 4 is 36.4 Å². The van der Waals surface area contributed by atoms with Gasteiger partial charge in [0.05, 0.1) is 0 Å². The van der Waals surface area contributed by atoms with Crippen LogP contribution in [0.4, 0.5) is 0 Å². The Labute approximate surface area is 121 Å². The molecule has 0 saturated carbocycles. The van der Waals surface area contributed by atoms with Gasteiger partial charge in [0.15, 0.2) is 0 Å². The highest BCUT2D eigenvalue weighted by Crippen LogP contribution is 2.22. The molecule has 0 spiro atoms. The van der Waals surface area contributed by atoms with Gasteiger partial charge in [0, 0.05) is 37.2 Å². The summed E-state index contributed by atoms with van der Waals surface area (Å²) in [4.78, 5) is 2.49. The van der Waals surface area contributed by atoms with Gasteiger partial charge in [-0.25, -0.2) is 0 Å². The Hall–Kier alpha value is 0.01000. The van der Waals surface area contributed by atoms with E-state index in [-0.39, 0.29) is 24.8 Å². The molecule has 1 atom stereocenters. The van der Waals surface area contributed by atoms with Crippen LogP contribution in [0.5, 0.6) is 0 Å². The summed E-state index contributed by atoms with van der Waals surface area (Å²) in [5.41, 5.74) is 1.31. The van der Waals surface area contributed by atoms with E-state index in [0.717, 1.165) is 31.2 Å². The van der Waals surface area contributed by atoms with Crippen LogP contribution in [-0.2, 0) is 0 Å². The largest absolute Gasteiger partial charge is 0.314 e. The predicted octanol–water partition coefficient (Wildman–Crippen LogP) is 3.15. The SMILES string of the molecule is C[C@H](c1cccc(Cl)c1)N1CCNCC1.Cl.Cl. The summed E-state index contributed by atoms with van der Waals surface area (Å²) in [6, 6.07) is 8.63. The van der Waals surface area contributed by atoms with Crippen LogP contribution in [0.15, 0.2) is 24.3 Å². The maximum Gasteiger partial charge on any atom is 0.0409 e. The molecule has 1 saturated heterocycles. The first-order chi connectivity index (χ1) is 7.27. The predicted molar refractivity (Wildman–Crippen MR) is 78.8 cm³/mol. The van der Waals surface area contributed by atoms with E-state index in [1.807, 2.05) is 12.1 Å². The maximum absolute atomic E-state index is 6.00. The van der Waals surface area contributed by atoms with Crippen molar-refractivity contribution in [2.75, 3.05) is 26.2 Å². The zero-order chi connectivity index (χ0) is 10.7. The molecule has 0 amide bonds. The van der Waals surface area contributed by atoms with Crippen molar-refractivity contribution in [2.24, 2.45) is 0 Å². The Kier molecular flexibility index (Phi) is 8.18. The average Bonchev–Trinajstić information content (AvgIpc) is 2.29. The lowest BCUT2D eigenvalue weighted by molar-refractivity contribution is 0.185. The standard InChI is InChI=1S/C12H17ClN2.2ClH/c1-10(15-7-5-14-6-8-15)11-3-2-4-12(13)9-11;;/h2-4,9-10,14H,5-8H2,1H3;2*1H/t10-;;/m1../s1. The molecule has 0 aromatic heterocycles. The smallest absolute Gasteiger partial charge is 0.0409 e. The fourth-order valence-electron chi connectivity index (χ4n) is 2.05. The van der Waals surface area contributed by atoms with E-state index in [9.17, 15) is 0 Å². The molecule has 0 bridgehead atoms. The van der Waals surface area contributed by atoms with E-state index >= 15 is 0 Å². The highest BCUT2D eigenvalue weighted by Gasteiger charge is 2.17. The monoisotopic (exact) mass is 296 g/mol. The molecule has 2 rings (SSSR count). The molecule has 1 fully saturated rings. The van der Waals surface area contributed by atoms with Gasteiger partial charge in [0.2, 0.25) is 0 Å². The summed E-state index contributed by atoms with van der Waals surface area (Å²) in [6.45, 7) is 6.66. The molecular formula is C12H19Cl3N2. The first-order valence-electron chi connectivity index (χ1n) is 5.47. The minimum absolute atomic E-state index is 0. The zero-order valence-corrected chi connectivity index (χ0v) is 12.2. The molecule has 1 aliphatic rings. The molecule has 0 radical (unpaired) electrons. The second-order valence-electron chi connectivity index (χ2n) is 4.02. The molecule has 0 unspecified atom stereocenters.